The summed E-state index contributed by atoms with van der Waals surface area (Å²) in [6.07, 6.45) is -0.563. The zero-order valence-electron chi connectivity index (χ0n) is 18.0. The molecule has 156 valence electrons. The van der Waals surface area contributed by atoms with Crippen LogP contribution in [0.25, 0.3) is 0 Å². The number of nitrogens with two attached hydrogens (primary N) is 2. The van der Waals surface area contributed by atoms with Gasteiger partial charge in [0.2, 0.25) is 0 Å². The van der Waals surface area contributed by atoms with Gasteiger partial charge < -0.3 is 16.2 Å². The summed E-state index contributed by atoms with van der Waals surface area (Å²) in [5, 5.41) is 0. The van der Waals surface area contributed by atoms with Crippen molar-refractivity contribution in [3.05, 3.63) is 130 Å². The first-order chi connectivity index (χ1) is 15.1. The second-order valence-corrected chi connectivity index (χ2v) is 7.84. The fourth-order valence-corrected chi connectivity index (χ4v) is 3.97. The van der Waals surface area contributed by atoms with E-state index < -0.39 is 0 Å². The Hall–Kier alpha value is -3.56. The van der Waals surface area contributed by atoms with E-state index >= 15 is 0 Å². The maximum absolute atomic E-state index is 6.96. The highest BCUT2D eigenvalue weighted by Gasteiger charge is 2.26. The van der Waals surface area contributed by atoms with Gasteiger partial charge in [0.1, 0.15) is 12.2 Å². The summed E-state index contributed by atoms with van der Waals surface area (Å²) in [4.78, 5) is 0. The molecule has 3 heteroatoms. The van der Waals surface area contributed by atoms with E-state index in [1.807, 2.05) is 74.5 Å². The van der Waals surface area contributed by atoms with Crippen molar-refractivity contribution in [3.8, 4) is 0 Å². The van der Waals surface area contributed by atoms with Crippen LogP contribution >= 0.6 is 0 Å². The van der Waals surface area contributed by atoms with Crippen LogP contribution in [-0.4, -0.2) is 0 Å². The van der Waals surface area contributed by atoms with Crippen LogP contribution in [0, 0.1) is 13.8 Å². The number of rotatable bonds is 6. The molecule has 31 heavy (non-hydrogen) atoms. The highest BCUT2D eigenvalue weighted by molar-refractivity contribution is 5.54. The van der Waals surface area contributed by atoms with Crippen molar-refractivity contribution in [3.63, 3.8) is 0 Å². The molecular formula is C28H28N2O. The summed E-state index contributed by atoms with van der Waals surface area (Å²) in [6.45, 7) is 4.10. The molecule has 0 heterocycles. The summed E-state index contributed by atoms with van der Waals surface area (Å²) >= 11 is 0. The van der Waals surface area contributed by atoms with Crippen molar-refractivity contribution in [2.45, 2.75) is 26.1 Å². The molecule has 3 nitrogen and oxygen atoms in total. The number of hydrogen-bond donors (Lipinski definition) is 2. The lowest BCUT2D eigenvalue weighted by Crippen LogP contribution is -2.16. The zero-order chi connectivity index (χ0) is 21.8. The summed E-state index contributed by atoms with van der Waals surface area (Å²) in [6, 6.07) is 32.6. The van der Waals surface area contributed by atoms with E-state index in [0.29, 0.717) is 0 Å². The molecule has 0 aliphatic heterocycles. The van der Waals surface area contributed by atoms with Crippen LogP contribution in [0.2, 0.25) is 0 Å². The third-order valence-corrected chi connectivity index (χ3v) is 5.88. The van der Waals surface area contributed by atoms with Gasteiger partial charge in [-0.15, -0.1) is 0 Å². The Kier molecular flexibility index (Phi) is 6.06. The van der Waals surface area contributed by atoms with E-state index in [-0.39, 0.29) is 12.2 Å². The highest BCUT2D eigenvalue weighted by Crippen LogP contribution is 2.39. The van der Waals surface area contributed by atoms with Gasteiger partial charge in [0.25, 0.3) is 0 Å². The summed E-state index contributed by atoms with van der Waals surface area (Å²) in [7, 11) is 0. The first-order valence-corrected chi connectivity index (χ1v) is 10.5. The Labute approximate surface area is 184 Å². The molecule has 2 unspecified atom stereocenters. The molecule has 0 amide bonds. The summed E-state index contributed by atoms with van der Waals surface area (Å²) < 4.78 is 6.96. The molecule has 0 fully saturated rings. The van der Waals surface area contributed by atoms with Crippen molar-refractivity contribution in [2.75, 3.05) is 11.5 Å². The number of hydrogen-bond acceptors (Lipinski definition) is 3. The molecule has 0 aliphatic carbocycles. The maximum atomic E-state index is 6.96. The lowest BCUT2D eigenvalue weighted by Gasteiger charge is -2.29. The van der Waals surface area contributed by atoms with Crippen LogP contribution in [0.3, 0.4) is 0 Å². The molecular weight excluding hydrogens is 380 g/mol. The minimum absolute atomic E-state index is 0.282. The Bertz CT molecular complexity index is 1060. The first kappa shape index (κ1) is 20.7. The molecule has 0 bridgehead atoms. The van der Waals surface area contributed by atoms with E-state index in [9.17, 15) is 0 Å². The molecule has 0 aliphatic rings. The maximum Gasteiger partial charge on any atom is 0.109 e. The second kappa shape index (κ2) is 9.07. The van der Waals surface area contributed by atoms with Gasteiger partial charge in [-0.25, -0.2) is 0 Å². The van der Waals surface area contributed by atoms with Crippen LogP contribution in [-0.2, 0) is 4.74 Å². The lowest BCUT2D eigenvalue weighted by atomic mass is 9.93. The minimum atomic E-state index is -0.282. The van der Waals surface area contributed by atoms with Gasteiger partial charge in [-0.3, -0.25) is 0 Å². The second-order valence-electron chi connectivity index (χ2n) is 7.84. The number of anilines is 2. The van der Waals surface area contributed by atoms with E-state index in [1.54, 1.807) is 0 Å². The van der Waals surface area contributed by atoms with E-state index in [2.05, 4.69) is 36.4 Å². The smallest absolute Gasteiger partial charge is 0.109 e. The topological polar surface area (TPSA) is 61.3 Å². The number of benzene rings is 4. The Morgan fingerprint density at radius 2 is 0.903 bits per heavy atom. The van der Waals surface area contributed by atoms with E-state index in [0.717, 1.165) is 44.8 Å². The first-order valence-electron chi connectivity index (χ1n) is 10.5. The average molecular weight is 409 g/mol. The van der Waals surface area contributed by atoms with Gasteiger partial charge in [0, 0.05) is 11.4 Å². The Morgan fingerprint density at radius 3 is 1.29 bits per heavy atom. The van der Waals surface area contributed by atoms with Crippen LogP contribution < -0.4 is 11.5 Å². The largest absolute Gasteiger partial charge is 0.399 e. The van der Waals surface area contributed by atoms with E-state index in [4.69, 9.17) is 16.2 Å². The fraction of sp³-hybridized carbons (Fsp3) is 0.143. The van der Waals surface area contributed by atoms with Gasteiger partial charge in [-0.2, -0.15) is 0 Å². The average Bonchev–Trinajstić information content (AvgIpc) is 2.80. The number of nitrogen functional groups attached to an aromatic ring is 2. The molecule has 4 aromatic rings. The van der Waals surface area contributed by atoms with Gasteiger partial charge in [-0.05, 0) is 59.4 Å². The SMILES string of the molecule is Cc1c(N)cccc1C(OC(c1ccccc1)c1cccc(N)c1C)c1ccccc1. The molecule has 0 saturated carbocycles. The third kappa shape index (κ3) is 4.32. The van der Waals surface area contributed by atoms with Crippen molar-refractivity contribution < 1.29 is 4.74 Å². The third-order valence-electron chi connectivity index (χ3n) is 5.88. The Balaban J connectivity index is 1.87. The molecule has 0 spiro atoms. The van der Waals surface area contributed by atoms with Gasteiger partial charge >= 0.3 is 0 Å². The molecule has 2 atom stereocenters. The predicted octanol–water partition coefficient (Wildman–Crippen LogP) is 6.36. The van der Waals surface area contributed by atoms with Crippen LogP contribution in [0.15, 0.2) is 97.1 Å². The van der Waals surface area contributed by atoms with Crippen LogP contribution in [0.1, 0.15) is 45.6 Å². The van der Waals surface area contributed by atoms with Crippen LogP contribution in [0.5, 0.6) is 0 Å². The standard InChI is InChI=1S/C28H28N2O/c1-19-23(15-9-17-25(19)29)27(21-11-5-3-6-12-21)31-28(22-13-7-4-8-14-22)24-16-10-18-26(30)20(24)2/h3-18,27-28H,29-30H2,1-2H3. The molecule has 4 aromatic carbocycles. The van der Waals surface area contributed by atoms with Crippen molar-refractivity contribution >= 4 is 11.4 Å². The van der Waals surface area contributed by atoms with E-state index in [1.165, 1.54) is 0 Å². The van der Waals surface area contributed by atoms with Crippen molar-refractivity contribution in [2.24, 2.45) is 0 Å². The molecule has 0 radical (unpaired) electrons. The molecule has 0 saturated heterocycles. The summed E-state index contributed by atoms with van der Waals surface area (Å²) in [5.41, 5.74) is 20.4. The zero-order valence-corrected chi connectivity index (χ0v) is 18.0. The highest BCUT2D eigenvalue weighted by atomic mass is 16.5. The summed E-state index contributed by atoms with van der Waals surface area (Å²) in [5.74, 6) is 0. The van der Waals surface area contributed by atoms with Crippen LogP contribution in [0.4, 0.5) is 11.4 Å². The molecule has 4 N–H and O–H groups in total. The van der Waals surface area contributed by atoms with Crippen molar-refractivity contribution in [1.82, 2.24) is 0 Å². The monoisotopic (exact) mass is 408 g/mol. The molecule has 4 rings (SSSR count). The lowest BCUT2D eigenvalue weighted by molar-refractivity contribution is 0.0302. The quantitative estimate of drug-likeness (QED) is 0.365. The van der Waals surface area contributed by atoms with Gasteiger partial charge in [-0.1, -0.05) is 84.9 Å². The van der Waals surface area contributed by atoms with Crippen molar-refractivity contribution in [1.29, 1.82) is 0 Å². The minimum Gasteiger partial charge on any atom is -0.399 e. The van der Waals surface area contributed by atoms with Gasteiger partial charge in [0.15, 0.2) is 0 Å². The predicted molar refractivity (Wildman–Crippen MR) is 129 cm³/mol. The normalized spacial score (nSPS) is 13.0. The van der Waals surface area contributed by atoms with Gasteiger partial charge in [0.05, 0.1) is 0 Å². The molecule has 0 aromatic heterocycles. The number of ether oxygens (including phenoxy) is 1. The fourth-order valence-electron chi connectivity index (χ4n) is 3.97. The Morgan fingerprint density at radius 1 is 0.516 bits per heavy atom.